The monoisotopic (exact) mass is 523 g/mol. The summed E-state index contributed by atoms with van der Waals surface area (Å²) in [7, 11) is 0. The van der Waals surface area contributed by atoms with Crippen LogP contribution >= 0.6 is 22.6 Å². The Kier molecular flexibility index (Phi) is 6.74. The van der Waals surface area contributed by atoms with Crippen LogP contribution in [0.1, 0.15) is 32.3 Å². The number of hydrogen-bond acceptors (Lipinski definition) is 3. The van der Waals surface area contributed by atoms with Crippen LogP contribution in [0.15, 0.2) is 48.5 Å². The second-order valence-electron chi connectivity index (χ2n) is 7.64. The van der Waals surface area contributed by atoms with Gasteiger partial charge in [-0.15, -0.1) is 0 Å². The van der Waals surface area contributed by atoms with E-state index in [2.05, 4.69) is 10.6 Å². The third-order valence-electron chi connectivity index (χ3n) is 5.20. The summed E-state index contributed by atoms with van der Waals surface area (Å²) in [6.07, 6.45) is 0. The lowest BCUT2D eigenvalue weighted by Crippen LogP contribution is -2.50. The summed E-state index contributed by atoms with van der Waals surface area (Å²) in [5.74, 6) is -2.30. The van der Waals surface area contributed by atoms with Gasteiger partial charge in [-0.2, -0.15) is 0 Å². The Hall–Kier alpha value is -2.49. The van der Waals surface area contributed by atoms with E-state index in [9.17, 15) is 18.8 Å². The van der Waals surface area contributed by atoms with Crippen molar-refractivity contribution in [2.45, 2.75) is 38.8 Å². The van der Waals surface area contributed by atoms with Gasteiger partial charge in [0.1, 0.15) is 17.9 Å². The number of rotatable bonds is 6. The lowest BCUT2D eigenvalue weighted by molar-refractivity contribution is -0.135. The minimum Gasteiger partial charge on any atom is -0.326 e. The molecule has 1 aliphatic heterocycles. The van der Waals surface area contributed by atoms with Gasteiger partial charge in [-0.1, -0.05) is 51.1 Å². The Balaban J connectivity index is 1.98. The average Bonchev–Trinajstić information content (AvgIpc) is 3.00. The first-order chi connectivity index (χ1) is 14.2. The fourth-order valence-corrected chi connectivity index (χ4v) is 3.99. The molecule has 8 heteroatoms. The quantitative estimate of drug-likeness (QED) is 0.442. The Morgan fingerprint density at radius 1 is 1.13 bits per heavy atom. The molecule has 0 bridgehead atoms. The van der Waals surface area contributed by atoms with Gasteiger partial charge in [-0.25, -0.2) is 14.1 Å². The van der Waals surface area contributed by atoms with Crippen LogP contribution in [0.5, 0.6) is 0 Å². The lowest BCUT2D eigenvalue weighted by Gasteiger charge is -2.30. The average molecular weight is 523 g/mol. The highest BCUT2D eigenvalue weighted by molar-refractivity contribution is 14.1. The van der Waals surface area contributed by atoms with E-state index < -0.39 is 41.7 Å². The minimum atomic E-state index is -1.14. The summed E-state index contributed by atoms with van der Waals surface area (Å²) in [5, 5.41) is 5.22. The lowest BCUT2D eigenvalue weighted by atomic mass is 9.91. The van der Waals surface area contributed by atoms with Gasteiger partial charge in [0.05, 0.1) is 5.69 Å². The molecule has 6 nitrogen and oxygen atoms in total. The van der Waals surface area contributed by atoms with E-state index in [-0.39, 0.29) is 11.6 Å². The van der Waals surface area contributed by atoms with Crippen molar-refractivity contribution < 1.29 is 18.8 Å². The van der Waals surface area contributed by atoms with Crippen molar-refractivity contribution in [2.24, 2.45) is 5.92 Å². The fourth-order valence-electron chi connectivity index (χ4n) is 3.53. The first kappa shape index (κ1) is 22.2. The molecule has 0 unspecified atom stereocenters. The van der Waals surface area contributed by atoms with Crippen LogP contribution in [0.2, 0.25) is 0 Å². The Labute approximate surface area is 188 Å². The number of amides is 4. The summed E-state index contributed by atoms with van der Waals surface area (Å²) >= 11 is 1.97. The predicted octanol–water partition coefficient (Wildman–Crippen LogP) is 4.12. The van der Waals surface area contributed by atoms with Crippen LogP contribution in [0.3, 0.4) is 0 Å². The van der Waals surface area contributed by atoms with Crippen LogP contribution in [0.25, 0.3) is 0 Å². The summed E-state index contributed by atoms with van der Waals surface area (Å²) in [6.45, 7) is 5.42. The largest absolute Gasteiger partial charge is 0.326 e. The zero-order chi connectivity index (χ0) is 22.0. The number of carbonyl (C=O) groups excluding carboxylic acids is 3. The number of hydrogen-bond donors (Lipinski definition) is 2. The summed E-state index contributed by atoms with van der Waals surface area (Å²) in [4.78, 5) is 39.9. The van der Waals surface area contributed by atoms with Crippen molar-refractivity contribution in [3.63, 3.8) is 0 Å². The number of nitrogens with zero attached hydrogens (tertiary/aromatic N) is 1. The Morgan fingerprint density at radius 3 is 2.37 bits per heavy atom. The highest BCUT2D eigenvalue weighted by atomic mass is 127. The molecule has 2 aromatic carbocycles. The standard InChI is InChI=1S/C22H23FIN3O3/c1-12(2)18-21(29)27(22(30)26-18)19(13(3)14-7-5-4-6-8-14)20(28)25-17-10-9-15(24)11-16(17)23/h4-13,18-19H,1-3H3,(H,25,28)(H,26,30)/t13-,18+,19-/m0/s1. The number of urea groups is 1. The van der Waals surface area contributed by atoms with Gasteiger partial charge >= 0.3 is 6.03 Å². The van der Waals surface area contributed by atoms with E-state index in [1.807, 2.05) is 66.8 Å². The summed E-state index contributed by atoms with van der Waals surface area (Å²) in [5.41, 5.74) is 0.785. The molecule has 1 heterocycles. The van der Waals surface area contributed by atoms with Gasteiger partial charge in [-0.3, -0.25) is 9.59 Å². The molecule has 0 aliphatic carbocycles. The van der Waals surface area contributed by atoms with E-state index in [4.69, 9.17) is 0 Å². The van der Waals surface area contributed by atoms with E-state index in [1.165, 1.54) is 12.1 Å². The topological polar surface area (TPSA) is 78.5 Å². The second kappa shape index (κ2) is 9.11. The molecule has 3 rings (SSSR count). The Morgan fingerprint density at radius 2 is 1.80 bits per heavy atom. The molecular formula is C22H23FIN3O3. The fraction of sp³-hybridized carbons (Fsp3) is 0.318. The van der Waals surface area contributed by atoms with E-state index in [1.54, 1.807) is 13.0 Å². The van der Waals surface area contributed by atoms with Gasteiger partial charge in [0.25, 0.3) is 5.91 Å². The van der Waals surface area contributed by atoms with Crippen LogP contribution < -0.4 is 10.6 Å². The zero-order valence-electron chi connectivity index (χ0n) is 16.9. The smallest absolute Gasteiger partial charge is 0.325 e. The third kappa shape index (κ3) is 4.48. The summed E-state index contributed by atoms with van der Waals surface area (Å²) in [6, 6.07) is 11.1. The maximum absolute atomic E-state index is 14.3. The summed E-state index contributed by atoms with van der Waals surface area (Å²) < 4.78 is 15.0. The van der Waals surface area contributed by atoms with Crippen LogP contribution in [0.4, 0.5) is 14.9 Å². The molecule has 0 spiro atoms. The highest BCUT2D eigenvalue weighted by Gasteiger charge is 2.47. The normalized spacial score (nSPS) is 18.3. The van der Waals surface area contributed by atoms with Crippen molar-refractivity contribution in [3.05, 3.63) is 63.5 Å². The molecule has 1 fully saturated rings. The number of carbonyl (C=O) groups is 3. The number of benzene rings is 2. The van der Waals surface area contributed by atoms with E-state index >= 15 is 0 Å². The first-order valence-corrected chi connectivity index (χ1v) is 10.7. The molecule has 0 saturated carbocycles. The molecule has 0 radical (unpaired) electrons. The van der Waals surface area contributed by atoms with Crippen LogP contribution in [-0.4, -0.2) is 34.8 Å². The van der Waals surface area contributed by atoms with Crippen LogP contribution in [0, 0.1) is 15.3 Å². The second-order valence-corrected chi connectivity index (χ2v) is 8.88. The van der Waals surface area contributed by atoms with Crippen molar-refractivity contribution in [2.75, 3.05) is 5.32 Å². The maximum Gasteiger partial charge on any atom is 0.325 e. The first-order valence-electron chi connectivity index (χ1n) is 9.65. The van der Waals surface area contributed by atoms with Crippen molar-refractivity contribution in [1.82, 2.24) is 10.2 Å². The molecule has 0 aromatic heterocycles. The predicted molar refractivity (Wildman–Crippen MR) is 120 cm³/mol. The van der Waals surface area contributed by atoms with Crippen molar-refractivity contribution in [1.29, 1.82) is 0 Å². The van der Waals surface area contributed by atoms with Gasteiger partial charge in [-0.05, 0) is 52.3 Å². The number of halogens is 2. The molecular weight excluding hydrogens is 500 g/mol. The van der Waals surface area contributed by atoms with Gasteiger partial charge < -0.3 is 10.6 Å². The van der Waals surface area contributed by atoms with Gasteiger partial charge in [0.15, 0.2) is 0 Å². The van der Waals surface area contributed by atoms with Crippen molar-refractivity contribution >= 4 is 46.1 Å². The Bertz CT molecular complexity index is 967. The molecule has 2 N–H and O–H groups in total. The van der Waals surface area contributed by atoms with Crippen molar-refractivity contribution in [3.8, 4) is 0 Å². The van der Waals surface area contributed by atoms with E-state index in [0.29, 0.717) is 3.57 Å². The number of nitrogens with one attached hydrogen (secondary N) is 2. The molecule has 30 heavy (non-hydrogen) atoms. The van der Waals surface area contributed by atoms with Gasteiger partial charge in [0, 0.05) is 9.49 Å². The molecule has 3 atom stereocenters. The zero-order valence-corrected chi connectivity index (χ0v) is 19.0. The molecule has 1 aliphatic rings. The maximum atomic E-state index is 14.3. The SMILES string of the molecule is CC(C)[C@H]1NC(=O)N([C@H](C(=O)Nc2ccc(I)cc2F)[C@@H](C)c2ccccc2)C1=O. The minimum absolute atomic E-state index is 0.00172. The molecule has 1 saturated heterocycles. The molecule has 4 amide bonds. The molecule has 158 valence electrons. The van der Waals surface area contributed by atoms with Gasteiger partial charge in [0.2, 0.25) is 5.91 Å². The molecule has 2 aromatic rings. The number of imide groups is 1. The number of anilines is 1. The highest BCUT2D eigenvalue weighted by Crippen LogP contribution is 2.29. The van der Waals surface area contributed by atoms with E-state index in [0.717, 1.165) is 10.5 Å². The van der Waals surface area contributed by atoms with Crippen LogP contribution in [-0.2, 0) is 9.59 Å². The third-order valence-corrected chi connectivity index (χ3v) is 5.87.